The van der Waals surface area contributed by atoms with Gasteiger partial charge in [-0.15, -0.1) is 11.3 Å². The molecule has 2 atom stereocenters. The summed E-state index contributed by atoms with van der Waals surface area (Å²) in [7, 11) is 2.14. The van der Waals surface area contributed by atoms with E-state index in [0.717, 1.165) is 65.1 Å². The van der Waals surface area contributed by atoms with Crippen LogP contribution in [0.25, 0.3) is 43.9 Å². The highest BCUT2D eigenvalue weighted by Crippen LogP contribution is 2.47. The van der Waals surface area contributed by atoms with E-state index in [1.165, 1.54) is 28.5 Å². The molecule has 2 aromatic carbocycles. The van der Waals surface area contributed by atoms with Crippen LogP contribution < -0.4 is 4.74 Å². The SMILES string of the molecule is C=CC(=O)N1CCn2nc(-c3nc(-c4ccc5c(c4)CCN(C)CC5)c4ccsc4c3-c3c(F)cc(F)cc3OC[C@@H](C)O)cc2[C@H]1C. The third-order valence-electron chi connectivity index (χ3n) is 9.32. The Kier molecular flexibility index (Phi) is 8.61. The Bertz CT molecular complexity index is 2050. The van der Waals surface area contributed by atoms with E-state index < -0.39 is 17.7 Å². The van der Waals surface area contributed by atoms with Gasteiger partial charge < -0.3 is 19.6 Å². The van der Waals surface area contributed by atoms with Crippen LogP contribution >= 0.6 is 11.3 Å². The summed E-state index contributed by atoms with van der Waals surface area (Å²) >= 11 is 1.44. The average Bonchev–Trinajstić information content (AvgIpc) is 3.69. The van der Waals surface area contributed by atoms with E-state index in [0.29, 0.717) is 30.0 Å². The summed E-state index contributed by atoms with van der Waals surface area (Å²) < 4.78 is 39.2. The minimum atomic E-state index is -0.860. The second kappa shape index (κ2) is 12.9. The molecule has 3 aromatic heterocycles. The van der Waals surface area contributed by atoms with Gasteiger partial charge in [0.1, 0.15) is 35.4 Å². The largest absolute Gasteiger partial charge is 0.490 e. The van der Waals surface area contributed by atoms with E-state index in [1.807, 2.05) is 29.1 Å². The maximum Gasteiger partial charge on any atom is 0.246 e. The maximum atomic E-state index is 16.1. The zero-order valence-electron chi connectivity index (χ0n) is 27.2. The Labute approximate surface area is 281 Å². The number of rotatable bonds is 7. The number of hydrogen-bond donors (Lipinski definition) is 1. The molecule has 1 N–H and O–H groups in total. The van der Waals surface area contributed by atoms with Crippen LogP contribution in [-0.2, 0) is 24.2 Å². The molecule has 8 nitrogen and oxygen atoms in total. The molecule has 0 spiro atoms. The Morgan fingerprint density at radius 2 is 1.88 bits per heavy atom. The number of amides is 1. The van der Waals surface area contributed by atoms with Gasteiger partial charge in [0.2, 0.25) is 5.91 Å². The number of hydrogen-bond acceptors (Lipinski definition) is 7. The number of nitrogens with zero attached hydrogens (tertiary/aromatic N) is 5. The molecular weight excluding hydrogens is 633 g/mol. The molecule has 2 aliphatic rings. The molecule has 0 fully saturated rings. The van der Waals surface area contributed by atoms with Crippen molar-refractivity contribution in [3.8, 4) is 39.5 Å². The third kappa shape index (κ3) is 5.80. The number of benzene rings is 2. The van der Waals surface area contributed by atoms with E-state index in [2.05, 4.69) is 36.7 Å². The highest BCUT2D eigenvalue weighted by Gasteiger charge is 2.31. The number of halogens is 2. The summed E-state index contributed by atoms with van der Waals surface area (Å²) in [6.45, 7) is 9.88. The van der Waals surface area contributed by atoms with Crippen LogP contribution in [0.2, 0.25) is 0 Å². The van der Waals surface area contributed by atoms with Gasteiger partial charge in [-0.1, -0.05) is 18.7 Å². The summed E-state index contributed by atoms with van der Waals surface area (Å²) in [5.74, 6) is -1.80. The number of aliphatic hydroxyl groups is 1. The van der Waals surface area contributed by atoms with Crippen LogP contribution in [0.4, 0.5) is 8.78 Å². The third-order valence-corrected chi connectivity index (χ3v) is 10.3. The molecule has 0 unspecified atom stereocenters. The number of thiophene rings is 1. The number of aliphatic hydroxyl groups excluding tert-OH is 1. The van der Waals surface area contributed by atoms with Gasteiger partial charge >= 0.3 is 0 Å². The Balaban J connectivity index is 1.48. The Morgan fingerprint density at radius 3 is 2.65 bits per heavy atom. The molecule has 1 amide bonds. The first kappa shape index (κ1) is 32.1. The van der Waals surface area contributed by atoms with Crippen molar-refractivity contribution in [2.75, 3.05) is 33.3 Å². The number of likely N-dealkylation sites (N-methyl/N-ethyl adjacent to an activating group) is 1. The fraction of sp³-hybridized carbons (Fsp3) is 0.324. The van der Waals surface area contributed by atoms with Crippen molar-refractivity contribution in [3.05, 3.63) is 89.0 Å². The number of aromatic nitrogens is 3. The number of pyridine rings is 1. The minimum absolute atomic E-state index is 0.0341. The molecule has 0 bridgehead atoms. The van der Waals surface area contributed by atoms with Gasteiger partial charge in [0.15, 0.2) is 0 Å². The molecule has 5 aromatic rings. The van der Waals surface area contributed by atoms with Gasteiger partial charge in [-0.05, 0) is 74.5 Å². The zero-order valence-corrected chi connectivity index (χ0v) is 28.0. The molecule has 0 radical (unpaired) electrons. The zero-order chi connectivity index (χ0) is 33.7. The lowest BCUT2D eigenvalue weighted by atomic mass is 9.94. The van der Waals surface area contributed by atoms with Crippen molar-refractivity contribution >= 4 is 27.3 Å². The second-order valence-corrected chi connectivity index (χ2v) is 13.6. The minimum Gasteiger partial charge on any atom is -0.490 e. The number of carbonyl (C=O) groups excluding carboxylic acids is 1. The predicted octanol–water partition coefficient (Wildman–Crippen LogP) is 6.65. The van der Waals surface area contributed by atoms with E-state index in [1.54, 1.807) is 11.8 Å². The molecule has 7 rings (SSSR count). The quantitative estimate of drug-likeness (QED) is 0.196. The molecule has 2 aliphatic heterocycles. The van der Waals surface area contributed by atoms with Crippen molar-refractivity contribution in [3.63, 3.8) is 0 Å². The lowest BCUT2D eigenvalue weighted by Gasteiger charge is -2.33. The molecule has 0 saturated heterocycles. The first-order valence-electron chi connectivity index (χ1n) is 16.2. The van der Waals surface area contributed by atoms with Crippen LogP contribution in [0.15, 0.2) is 60.5 Å². The van der Waals surface area contributed by atoms with E-state index in [4.69, 9.17) is 14.8 Å². The number of fused-ring (bicyclic) bond motifs is 3. The van der Waals surface area contributed by atoms with Gasteiger partial charge in [-0.3, -0.25) is 9.48 Å². The van der Waals surface area contributed by atoms with E-state index in [9.17, 15) is 14.3 Å². The first-order chi connectivity index (χ1) is 23.1. The van der Waals surface area contributed by atoms with Crippen LogP contribution in [-0.4, -0.2) is 75.0 Å². The van der Waals surface area contributed by atoms with Crippen LogP contribution in [0, 0.1) is 11.6 Å². The van der Waals surface area contributed by atoms with Crippen molar-refractivity contribution in [2.24, 2.45) is 0 Å². The van der Waals surface area contributed by atoms with E-state index in [-0.39, 0.29) is 29.9 Å². The summed E-state index contributed by atoms with van der Waals surface area (Å²) in [4.78, 5) is 22.0. The molecule has 5 heterocycles. The smallest absolute Gasteiger partial charge is 0.246 e. The van der Waals surface area contributed by atoms with Gasteiger partial charge in [0, 0.05) is 53.0 Å². The Hall–Kier alpha value is -4.45. The van der Waals surface area contributed by atoms with Gasteiger partial charge in [0.25, 0.3) is 0 Å². The normalized spacial score (nSPS) is 17.1. The fourth-order valence-electron chi connectivity index (χ4n) is 6.80. The molecule has 0 aliphatic carbocycles. The van der Waals surface area contributed by atoms with Crippen molar-refractivity contribution < 1.29 is 23.4 Å². The summed E-state index contributed by atoms with van der Waals surface area (Å²) in [5, 5.41) is 17.7. The van der Waals surface area contributed by atoms with Gasteiger partial charge in [-0.2, -0.15) is 5.10 Å². The topological polar surface area (TPSA) is 83.7 Å². The van der Waals surface area contributed by atoms with Crippen LogP contribution in [0.5, 0.6) is 5.75 Å². The van der Waals surface area contributed by atoms with Crippen molar-refractivity contribution in [2.45, 2.75) is 45.4 Å². The summed E-state index contributed by atoms with van der Waals surface area (Å²) in [5.41, 5.74) is 6.49. The lowest BCUT2D eigenvalue weighted by Crippen LogP contribution is -2.40. The maximum absolute atomic E-state index is 16.1. The fourth-order valence-corrected chi connectivity index (χ4v) is 7.75. The van der Waals surface area contributed by atoms with Gasteiger partial charge in [-0.25, -0.2) is 13.8 Å². The first-order valence-corrected chi connectivity index (χ1v) is 17.0. The molecule has 11 heteroatoms. The molecule has 48 heavy (non-hydrogen) atoms. The molecule has 248 valence electrons. The monoisotopic (exact) mass is 669 g/mol. The van der Waals surface area contributed by atoms with Crippen molar-refractivity contribution in [1.82, 2.24) is 24.6 Å². The lowest BCUT2D eigenvalue weighted by molar-refractivity contribution is -0.129. The summed E-state index contributed by atoms with van der Waals surface area (Å²) in [6, 6.07) is 12.1. The standard InChI is InChI=1S/C37H37F2N5O3S/c1-5-32(46)43-13-14-44-30(22(43)3)19-29(41-44)36-34(33-28(39)17-26(38)18-31(33)47-20-21(2)45)37-27(10-15-48-37)35(40-36)25-7-6-23-8-11-42(4)12-9-24(23)16-25/h5-7,10,15-19,21-22,45H,1,8-9,11-14,20H2,2-4H3/t21-,22-/m1/s1. The second-order valence-electron chi connectivity index (χ2n) is 12.6. The molecule has 0 saturated carbocycles. The van der Waals surface area contributed by atoms with Crippen molar-refractivity contribution in [1.29, 1.82) is 0 Å². The van der Waals surface area contributed by atoms with Gasteiger partial charge in [0.05, 0.1) is 35.6 Å². The van der Waals surface area contributed by atoms with E-state index >= 15 is 4.39 Å². The van der Waals surface area contributed by atoms with Crippen LogP contribution in [0.3, 0.4) is 0 Å². The Morgan fingerprint density at radius 1 is 1.08 bits per heavy atom. The highest BCUT2D eigenvalue weighted by atomic mass is 32.1. The predicted molar refractivity (Wildman–Crippen MR) is 184 cm³/mol. The summed E-state index contributed by atoms with van der Waals surface area (Å²) in [6.07, 6.45) is 2.35. The molecular formula is C37H37F2N5O3S. The van der Waals surface area contributed by atoms with Crippen LogP contribution in [0.1, 0.15) is 36.7 Å². The average molecular weight is 670 g/mol. The number of carbonyl (C=O) groups is 1. The highest BCUT2D eigenvalue weighted by molar-refractivity contribution is 7.18. The number of ether oxygens (including phenoxy) is 1.